The predicted molar refractivity (Wildman–Crippen MR) is 73.7 cm³/mol. The Morgan fingerprint density at radius 1 is 0.889 bits per heavy atom. The van der Waals surface area contributed by atoms with Gasteiger partial charge in [0.15, 0.2) is 0 Å². The molecule has 0 amide bonds. The zero-order chi connectivity index (χ0) is 11.9. The third-order valence-corrected chi connectivity index (χ3v) is 3.81. The van der Waals surface area contributed by atoms with Gasteiger partial charge in [-0.2, -0.15) is 0 Å². The summed E-state index contributed by atoms with van der Waals surface area (Å²) in [7, 11) is 0. The van der Waals surface area contributed by atoms with Crippen LogP contribution in [-0.2, 0) is 4.74 Å². The third-order valence-electron chi connectivity index (χ3n) is 3.81. The Labute approximate surface area is 106 Å². The fourth-order valence-electron chi connectivity index (χ4n) is 3.03. The molecule has 3 aromatic rings. The highest BCUT2D eigenvalue weighted by molar-refractivity contribution is 6.08. The maximum absolute atomic E-state index is 5.88. The van der Waals surface area contributed by atoms with E-state index in [-0.39, 0.29) is 6.23 Å². The number of fused-ring (bicyclic) bond motifs is 3. The molecule has 2 heterocycles. The second-order valence-electron chi connectivity index (χ2n) is 4.87. The van der Waals surface area contributed by atoms with Crippen LogP contribution in [0.2, 0.25) is 0 Å². The van der Waals surface area contributed by atoms with Crippen LogP contribution in [0, 0.1) is 0 Å². The highest BCUT2D eigenvalue weighted by Gasteiger charge is 2.21. The van der Waals surface area contributed by atoms with Gasteiger partial charge in [0.1, 0.15) is 6.23 Å². The van der Waals surface area contributed by atoms with Crippen molar-refractivity contribution >= 4 is 21.8 Å². The van der Waals surface area contributed by atoms with Gasteiger partial charge in [-0.3, -0.25) is 0 Å². The minimum Gasteiger partial charge on any atom is -0.358 e. The summed E-state index contributed by atoms with van der Waals surface area (Å²) in [5, 5.41) is 2.65. The summed E-state index contributed by atoms with van der Waals surface area (Å²) in [5.74, 6) is 0. The first-order valence-electron chi connectivity index (χ1n) is 6.54. The summed E-state index contributed by atoms with van der Waals surface area (Å²) in [6.45, 7) is 0.880. The highest BCUT2D eigenvalue weighted by atomic mass is 16.5. The molecule has 18 heavy (non-hydrogen) atoms. The van der Waals surface area contributed by atoms with Crippen LogP contribution in [0.1, 0.15) is 19.1 Å². The van der Waals surface area contributed by atoms with Crippen LogP contribution < -0.4 is 0 Å². The summed E-state index contributed by atoms with van der Waals surface area (Å²) >= 11 is 0. The van der Waals surface area contributed by atoms with E-state index in [1.165, 1.54) is 21.8 Å². The van der Waals surface area contributed by atoms with E-state index in [1.54, 1.807) is 0 Å². The molecule has 4 rings (SSSR count). The maximum Gasteiger partial charge on any atom is 0.134 e. The Morgan fingerprint density at radius 3 is 2.06 bits per heavy atom. The Hall–Kier alpha value is -1.80. The minimum absolute atomic E-state index is 0.204. The number of ether oxygens (including phenoxy) is 1. The van der Waals surface area contributed by atoms with Crippen molar-refractivity contribution in [3.8, 4) is 0 Å². The second kappa shape index (κ2) is 3.85. The molecule has 0 N–H and O–H groups in total. The lowest BCUT2D eigenvalue weighted by Crippen LogP contribution is -2.06. The van der Waals surface area contributed by atoms with Crippen molar-refractivity contribution in [3.63, 3.8) is 0 Å². The van der Waals surface area contributed by atoms with Gasteiger partial charge in [-0.25, -0.2) is 0 Å². The SMILES string of the molecule is c1ccc2c(c1)c1ccccc1n2C1CCCO1. The lowest BCUT2D eigenvalue weighted by molar-refractivity contribution is 0.0633. The topological polar surface area (TPSA) is 14.2 Å². The van der Waals surface area contributed by atoms with E-state index in [2.05, 4.69) is 53.1 Å². The lowest BCUT2D eigenvalue weighted by Gasteiger charge is -2.14. The van der Waals surface area contributed by atoms with Gasteiger partial charge < -0.3 is 9.30 Å². The molecule has 90 valence electrons. The van der Waals surface area contributed by atoms with E-state index in [9.17, 15) is 0 Å². The molecule has 1 aliphatic rings. The standard InChI is InChI=1S/C16H15NO/c1-3-8-14-12(6-1)13-7-2-4-9-15(13)17(14)16-10-5-11-18-16/h1-4,6-9,16H,5,10-11H2. The van der Waals surface area contributed by atoms with Crippen molar-refractivity contribution in [2.45, 2.75) is 19.1 Å². The number of rotatable bonds is 1. The Bertz CT molecular complexity index is 654. The van der Waals surface area contributed by atoms with Gasteiger partial charge >= 0.3 is 0 Å². The zero-order valence-corrected chi connectivity index (χ0v) is 10.2. The summed E-state index contributed by atoms with van der Waals surface area (Å²) in [6, 6.07) is 17.2. The Morgan fingerprint density at radius 2 is 1.50 bits per heavy atom. The van der Waals surface area contributed by atoms with Crippen molar-refractivity contribution in [2.75, 3.05) is 6.61 Å². The van der Waals surface area contributed by atoms with Crippen LogP contribution in [0.15, 0.2) is 48.5 Å². The number of hydrogen-bond donors (Lipinski definition) is 0. The molecule has 2 heteroatoms. The largest absolute Gasteiger partial charge is 0.358 e. The minimum atomic E-state index is 0.204. The number of benzene rings is 2. The van der Waals surface area contributed by atoms with Gasteiger partial charge in [0.25, 0.3) is 0 Å². The first kappa shape index (κ1) is 10.2. The molecule has 1 fully saturated rings. The normalized spacial score (nSPS) is 19.9. The van der Waals surface area contributed by atoms with Gasteiger partial charge in [0, 0.05) is 17.4 Å². The molecule has 0 spiro atoms. The smallest absolute Gasteiger partial charge is 0.134 e. The molecule has 0 saturated carbocycles. The predicted octanol–water partition coefficient (Wildman–Crippen LogP) is 4.10. The highest BCUT2D eigenvalue weighted by Crippen LogP contribution is 2.35. The second-order valence-corrected chi connectivity index (χ2v) is 4.87. The van der Waals surface area contributed by atoms with Crippen molar-refractivity contribution in [1.82, 2.24) is 4.57 Å². The van der Waals surface area contributed by atoms with E-state index in [0.29, 0.717) is 0 Å². The van der Waals surface area contributed by atoms with Crippen LogP contribution in [0.25, 0.3) is 21.8 Å². The van der Waals surface area contributed by atoms with Gasteiger partial charge in [0.05, 0.1) is 11.0 Å². The van der Waals surface area contributed by atoms with Crippen molar-refractivity contribution in [3.05, 3.63) is 48.5 Å². The molecule has 1 unspecified atom stereocenters. The number of para-hydroxylation sites is 2. The summed E-state index contributed by atoms with van der Waals surface area (Å²) < 4.78 is 8.24. The zero-order valence-electron chi connectivity index (χ0n) is 10.2. The molecule has 0 radical (unpaired) electrons. The lowest BCUT2D eigenvalue weighted by atomic mass is 10.2. The molecular weight excluding hydrogens is 222 g/mol. The summed E-state index contributed by atoms with van der Waals surface area (Å²) in [5.41, 5.74) is 2.57. The van der Waals surface area contributed by atoms with E-state index in [0.717, 1.165) is 19.4 Å². The fourth-order valence-corrected chi connectivity index (χ4v) is 3.03. The average molecular weight is 237 g/mol. The monoisotopic (exact) mass is 237 g/mol. The number of nitrogens with zero attached hydrogens (tertiary/aromatic N) is 1. The molecule has 2 aromatic carbocycles. The fraction of sp³-hybridized carbons (Fsp3) is 0.250. The molecule has 1 aliphatic heterocycles. The third kappa shape index (κ3) is 1.33. The van der Waals surface area contributed by atoms with E-state index >= 15 is 0 Å². The molecular formula is C16H15NO. The molecule has 1 atom stereocenters. The van der Waals surface area contributed by atoms with E-state index < -0.39 is 0 Å². The van der Waals surface area contributed by atoms with Crippen LogP contribution >= 0.6 is 0 Å². The van der Waals surface area contributed by atoms with Gasteiger partial charge in [-0.1, -0.05) is 36.4 Å². The first-order valence-corrected chi connectivity index (χ1v) is 6.54. The van der Waals surface area contributed by atoms with Crippen molar-refractivity contribution < 1.29 is 4.74 Å². The Kier molecular flexibility index (Phi) is 2.17. The van der Waals surface area contributed by atoms with E-state index in [4.69, 9.17) is 4.74 Å². The van der Waals surface area contributed by atoms with Crippen molar-refractivity contribution in [1.29, 1.82) is 0 Å². The Balaban J connectivity index is 2.13. The number of aromatic nitrogens is 1. The number of hydrogen-bond acceptors (Lipinski definition) is 1. The maximum atomic E-state index is 5.88. The average Bonchev–Trinajstić information content (AvgIpc) is 3.03. The molecule has 1 saturated heterocycles. The summed E-state index contributed by atoms with van der Waals surface area (Å²) in [6.07, 6.45) is 2.48. The first-order chi connectivity index (χ1) is 8.95. The van der Waals surface area contributed by atoms with Crippen LogP contribution in [0.5, 0.6) is 0 Å². The van der Waals surface area contributed by atoms with Gasteiger partial charge in [-0.05, 0) is 25.0 Å². The van der Waals surface area contributed by atoms with E-state index in [1.807, 2.05) is 0 Å². The van der Waals surface area contributed by atoms with Crippen LogP contribution in [-0.4, -0.2) is 11.2 Å². The molecule has 0 bridgehead atoms. The summed E-state index contributed by atoms with van der Waals surface area (Å²) in [4.78, 5) is 0. The van der Waals surface area contributed by atoms with Crippen molar-refractivity contribution in [2.24, 2.45) is 0 Å². The van der Waals surface area contributed by atoms with Crippen LogP contribution in [0.4, 0.5) is 0 Å². The van der Waals surface area contributed by atoms with Crippen LogP contribution in [0.3, 0.4) is 0 Å². The molecule has 1 aromatic heterocycles. The van der Waals surface area contributed by atoms with Gasteiger partial charge in [0.2, 0.25) is 0 Å². The quantitative estimate of drug-likeness (QED) is 0.621. The molecule has 2 nitrogen and oxygen atoms in total. The molecule has 0 aliphatic carbocycles. The van der Waals surface area contributed by atoms with Gasteiger partial charge in [-0.15, -0.1) is 0 Å².